The molecule has 0 saturated heterocycles. The Labute approximate surface area is 59.4 Å². The third-order valence-corrected chi connectivity index (χ3v) is 0.739. The summed E-state index contributed by atoms with van der Waals surface area (Å²) in [5, 5.41) is 0. The van der Waals surface area contributed by atoms with Crippen molar-refractivity contribution in [1.82, 2.24) is 0 Å². The van der Waals surface area contributed by atoms with Gasteiger partial charge in [0.15, 0.2) is 0 Å². The predicted molar refractivity (Wildman–Crippen MR) is 42.7 cm³/mol. The Hall–Kier alpha value is -0.0400. The van der Waals surface area contributed by atoms with Gasteiger partial charge in [-0.05, 0) is 12.3 Å². The Morgan fingerprint density at radius 2 is 1.67 bits per heavy atom. The second-order valence-electron chi connectivity index (χ2n) is 3.20. The molecule has 0 heterocycles. The summed E-state index contributed by atoms with van der Waals surface area (Å²) in [6.45, 7) is 10.2. The summed E-state index contributed by atoms with van der Waals surface area (Å²) in [4.78, 5) is 0. The molecule has 0 N–H and O–H groups in total. The SMILES string of the molecule is C.CCOCC(C)(C)C. The molecule has 0 aromatic rings. The first-order valence-corrected chi connectivity index (χ1v) is 3.14. The van der Waals surface area contributed by atoms with Gasteiger partial charge in [-0.2, -0.15) is 0 Å². The molecule has 1 nitrogen and oxygen atoms in total. The van der Waals surface area contributed by atoms with Crippen molar-refractivity contribution in [3.05, 3.63) is 0 Å². The van der Waals surface area contributed by atoms with E-state index in [-0.39, 0.29) is 7.43 Å². The zero-order valence-corrected chi connectivity index (χ0v) is 6.32. The second kappa shape index (κ2) is 4.80. The lowest BCUT2D eigenvalue weighted by molar-refractivity contribution is 0.0805. The first-order chi connectivity index (χ1) is 3.56. The summed E-state index contributed by atoms with van der Waals surface area (Å²) >= 11 is 0. The van der Waals surface area contributed by atoms with Crippen molar-refractivity contribution >= 4 is 0 Å². The summed E-state index contributed by atoms with van der Waals surface area (Å²) in [5.74, 6) is 0. The summed E-state index contributed by atoms with van der Waals surface area (Å²) in [6.07, 6.45) is 0. The van der Waals surface area contributed by atoms with Crippen LogP contribution in [-0.4, -0.2) is 13.2 Å². The molecule has 0 aromatic heterocycles. The highest BCUT2D eigenvalue weighted by molar-refractivity contribution is 4.57. The number of hydrogen-bond donors (Lipinski definition) is 0. The van der Waals surface area contributed by atoms with Gasteiger partial charge in [0.05, 0.1) is 6.61 Å². The van der Waals surface area contributed by atoms with Gasteiger partial charge in [-0.15, -0.1) is 0 Å². The molecule has 0 rings (SSSR count). The van der Waals surface area contributed by atoms with Gasteiger partial charge in [0.25, 0.3) is 0 Å². The van der Waals surface area contributed by atoms with Crippen LogP contribution in [0.3, 0.4) is 0 Å². The lowest BCUT2D eigenvalue weighted by atomic mass is 9.99. The Balaban J connectivity index is 0. The van der Waals surface area contributed by atoms with Crippen molar-refractivity contribution in [2.24, 2.45) is 5.41 Å². The molecule has 0 spiro atoms. The van der Waals surface area contributed by atoms with E-state index in [0.29, 0.717) is 5.41 Å². The first-order valence-electron chi connectivity index (χ1n) is 3.14. The third-order valence-electron chi connectivity index (χ3n) is 0.739. The van der Waals surface area contributed by atoms with Crippen molar-refractivity contribution < 1.29 is 4.74 Å². The number of hydrogen-bond acceptors (Lipinski definition) is 1. The maximum Gasteiger partial charge on any atom is 0.0514 e. The van der Waals surface area contributed by atoms with E-state index in [4.69, 9.17) is 4.74 Å². The molecule has 0 aromatic carbocycles. The minimum absolute atomic E-state index is 0. The molecule has 0 aliphatic carbocycles. The summed E-state index contributed by atoms with van der Waals surface area (Å²) in [6, 6.07) is 0. The number of rotatable bonds is 2. The Bertz CT molecular complexity index is 52.1. The van der Waals surface area contributed by atoms with E-state index in [9.17, 15) is 0 Å². The van der Waals surface area contributed by atoms with E-state index >= 15 is 0 Å². The van der Waals surface area contributed by atoms with E-state index < -0.39 is 0 Å². The van der Waals surface area contributed by atoms with Crippen LogP contribution in [-0.2, 0) is 4.74 Å². The summed E-state index contributed by atoms with van der Waals surface area (Å²) in [5.41, 5.74) is 0.329. The maximum atomic E-state index is 5.20. The van der Waals surface area contributed by atoms with Gasteiger partial charge in [0.2, 0.25) is 0 Å². The maximum absolute atomic E-state index is 5.20. The topological polar surface area (TPSA) is 9.23 Å². The zero-order valence-electron chi connectivity index (χ0n) is 6.32. The largest absolute Gasteiger partial charge is 0.381 e. The van der Waals surface area contributed by atoms with Gasteiger partial charge in [-0.25, -0.2) is 0 Å². The van der Waals surface area contributed by atoms with E-state index in [1.165, 1.54) is 0 Å². The average molecular weight is 132 g/mol. The molecular formula is C8H20O. The lowest BCUT2D eigenvalue weighted by Gasteiger charge is -2.16. The first kappa shape index (κ1) is 11.7. The van der Waals surface area contributed by atoms with Gasteiger partial charge in [-0.3, -0.25) is 0 Å². The Morgan fingerprint density at radius 1 is 1.22 bits per heavy atom. The lowest BCUT2D eigenvalue weighted by Crippen LogP contribution is -2.14. The zero-order chi connectivity index (χ0) is 6.62. The van der Waals surface area contributed by atoms with Crippen molar-refractivity contribution in [2.45, 2.75) is 35.1 Å². The van der Waals surface area contributed by atoms with Crippen molar-refractivity contribution in [3.8, 4) is 0 Å². The predicted octanol–water partition coefficient (Wildman–Crippen LogP) is 2.71. The highest BCUT2D eigenvalue weighted by Crippen LogP contribution is 2.12. The molecule has 9 heavy (non-hydrogen) atoms. The van der Waals surface area contributed by atoms with Gasteiger partial charge in [0.1, 0.15) is 0 Å². The highest BCUT2D eigenvalue weighted by Gasteiger charge is 2.08. The van der Waals surface area contributed by atoms with Gasteiger partial charge >= 0.3 is 0 Å². The Kier molecular flexibility index (Phi) is 6.25. The normalized spacial score (nSPS) is 10.7. The molecule has 1 heteroatoms. The van der Waals surface area contributed by atoms with Crippen LogP contribution < -0.4 is 0 Å². The molecule has 58 valence electrons. The van der Waals surface area contributed by atoms with Gasteiger partial charge in [0, 0.05) is 6.61 Å². The molecule has 0 atom stereocenters. The molecule has 0 aliphatic heterocycles. The molecule has 0 saturated carbocycles. The third kappa shape index (κ3) is 11.5. The fourth-order valence-electron chi connectivity index (χ4n) is 0.408. The summed E-state index contributed by atoms with van der Waals surface area (Å²) in [7, 11) is 0. The van der Waals surface area contributed by atoms with Crippen LogP contribution >= 0.6 is 0 Å². The quantitative estimate of drug-likeness (QED) is 0.561. The van der Waals surface area contributed by atoms with Gasteiger partial charge < -0.3 is 4.74 Å². The monoisotopic (exact) mass is 132 g/mol. The van der Waals surface area contributed by atoms with E-state index in [0.717, 1.165) is 13.2 Å². The van der Waals surface area contributed by atoms with Crippen molar-refractivity contribution in [3.63, 3.8) is 0 Å². The van der Waals surface area contributed by atoms with Crippen LogP contribution in [0.15, 0.2) is 0 Å². The van der Waals surface area contributed by atoms with Crippen LogP contribution in [0.5, 0.6) is 0 Å². The van der Waals surface area contributed by atoms with Crippen molar-refractivity contribution in [1.29, 1.82) is 0 Å². The molecular weight excluding hydrogens is 112 g/mol. The van der Waals surface area contributed by atoms with Gasteiger partial charge in [-0.1, -0.05) is 28.2 Å². The fourth-order valence-corrected chi connectivity index (χ4v) is 0.408. The van der Waals surface area contributed by atoms with Crippen LogP contribution in [0.4, 0.5) is 0 Å². The average Bonchev–Trinajstić information content (AvgIpc) is 1.59. The van der Waals surface area contributed by atoms with E-state index in [1.807, 2.05) is 6.92 Å². The van der Waals surface area contributed by atoms with Crippen LogP contribution in [0, 0.1) is 5.41 Å². The van der Waals surface area contributed by atoms with Crippen LogP contribution in [0.1, 0.15) is 35.1 Å². The number of ether oxygens (including phenoxy) is 1. The standard InChI is InChI=1S/C7H16O.CH4/c1-5-8-6-7(2,3)4;/h5-6H2,1-4H3;1H4. The molecule has 0 amide bonds. The minimum Gasteiger partial charge on any atom is -0.381 e. The Morgan fingerprint density at radius 3 is 1.78 bits per heavy atom. The molecule has 0 unspecified atom stereocenters. The highest BCUT2D eigenvalue weighted by atomic mass is 16.5. The van der Waals surface area contributed by atoms with Crippen molar-refractivity contribution in [2.75, 3.05) is 13.2 Å². The molecule has 0 fully saturated rings. The fraction of sp³-hybridized carbons (Fsp3) is 1.00. The molecule has 0 aliphatic rings. The minimum atomic E-state index is 0. The second-order valence-corrected chi connectivity index (χ2v) is 3.20. The summed E-state index contributed by atoms with van der Waals surface area (Å²) < 4.78 is 5.20. The van der Waals surface area contributed by atoms with E-state index in [1.54, 1.807) is 0 Å². The van der Waals surface area contributed by atoms with Crippen LogP contribution in [0.25, 0.3) is 0 Å². The molecule has 0 radical (unpaired) electrons. The van der Waals surface area contributed by atoms with E-state index in [2.05, 4.69) is 20.8 Å². The molecule has 0 bridgehead atoms. The smallest absolute Gasteiger partial charge is 0.0514 e. The van der Waals surface area contributed by atoms with Crippen LogP contribution in [0.2, 0.25) is 0 Å².